The molecule has 1 fully saturated rings. The maximum absolute atomic E-state index is 13.4. The molecule has 1 saturated heterocycles. The van der Waals surface area contributed by atoms with Crippen molar-refractivity contribution in [3.63, 3.8) is 0 Å². The lowest BCUT2D eigenvalue weighted by molar-refractivity contribution is -0.119. The highest BCUT2D eigenvalue weighted by atomic mass is 35.5. The van der Waals surface area contributed by atoms with Gasteiger partial charge in [-0.25, -0.2) is 4.39 Å². The van der Waals surface area contributed by atoms with Gasteiger partial charge in [-0.3, -0.25) is 4.79 Å². The molecule has 2 rings (SSSR count). The smallest absolute Gasteiger partial charge is 0.229 e. The van der Waals surface area contributed by atoms with Crippen molar-refractivity contribution in [2.24, 2.45) is 5.92 Å². The van der Waals surface area contributed by atoms with Gasteiger partial charge in [-0.2, -0.15) is 0 Å². The van der Waals surface area contributed by atoms with Gasteiger partial charge in [0, 0.05) is 11.7 Å². The lowest BCUT2D eigenvalue weighted by Gasteiger charge is -2.15. The molecule has 0 spiro atoms. The van der Waals surface area contributed by atoms with E-state index in [4.69, 9.17) is 11.6 Å². The minimum Gasteiger partial charge on any atom is -0.326 e. The van der Waals surface area contributed by atoms with Crippen molar-refractivity contribution in [1.29, 1.82) is 0 Å². The van der Waals surface area contributed by atoms with Gasteiger partial charge in [0.25, 0.3) is 0 Å². The zero-order chi connectivity index (χ0) is 13.3. The van der Waals surface area contributed by atoms with Gasteiger partial charge >= 0.3 is 0 Å². The first-order chi connectivity index (χ1) is 8.49. The standard InChI is InChI=1S/C13H16ClFN2O/c1-7-5-9(6-11(14)12(7)15)17-13(18)10-3-4-16-8(10)2/h5-6,8,10,16H,3-4H2,1-2H3,(H,17,18)/t8-,10?/m0/s1. The number of carbonyl (C=O) groups excluding carboxylic acids is 1. The second kappa shape index (κ2) is 5.24. The number of nitrogens with one attached hydrogen (secondary N) is 2. The fourth-order valence-corrected chi connectivity index (χ4v) is 2.52. The second-order valence-corrected chi connectivity index (χ2v) is 5.12. The minimum atomic E-state index is -0.439. The Morgan fingerprint density at radius 2 is 2.28 bits per heavy atom. The summed E-state index contributed by atoms with van der Waals surface area (Å²) in [5, 5.41) is 6.04. The van der Waals surface area contributed by atoms with E-state index in [2.05, 4.69) is 10.6 Å². The Morgan fingerprint density at radius 3 is 2.83 bits per heavy atom. The second-order valence-electron chi connectivity index (χ2n) is 4.72. The van der Waals surface area contributed by atoms with E-state index in [0.29, 0.717) is 11.3 Å². The van der Waals surface area contributed by atoms with E-state index in [1.165, 1.54) is 6.07 Å². The van der Waals surface area contributed by atoms with Crippen molar-refractivity contribution in [1.82, 2.24) is 5.32 Å². The summed E-state index contributed by atoms with van der Waals surface area (Å²) in [6.45, 7) is 4.46. The Bertz CT molecular complexity index is 455. The van der Waals surface area contributed by atoms with Gasteiger partial charge in [-0.05, 0) is 44.5 Å². The quantitative estimate of drug-likeness (QED) is 0.868. The Kier molecular flexibility index (Phi) is 3.88. The lowest BCUT2D eigenvalue weighted by atomic mass is 10.0. The zero-order valence-corrected chi connectivity index (χ0v) is 11.1. The number of benzene rings is 1. The molecular weight excluding hydrogens is 255 g/mol. The highest BCUT2D eigenvalue weighted by Gasteiger charge is 2.29. The van der Waals surface area contributed by atoms with Crippen LogP contribution in [0.5, 0.6) is 0 Å². The molecule has 18 heavy (non-hydrogen) atoms. The van der Waals surface area contributed by atoms with Gasteiger partial charge < -0.3 is 10.6 Å². The van der Waals surface area contributed by atoms with Crippen LogP contribution in [0.3, 0.4) is 0 Å². The molecule has 1 unspecified atom stereocenters. The van der Waals surface area contributed by atoms with E-state index in [-0.39, 0.29) is 22.9 Å². The van der Waals surface area contributed by atoms with Crippen LogP contribution < -0.4 is 10.6 Å². The molecule has 3 nitrogen and oxygen atoms in total. The minimum absolute atomic E-state index is 0.0305. The van der Waals surface area contributed by atoms with Crippen LogP contribution in [0.1, 0.15) is 18.9 Å². The third-order valence-corrected chi connectivity index (χ3v) is 3.61. The predicted molar refractivity (Wildman–Crippen MR) is 70.3 cm³/mol. The molecule has 98 valence electrons. The molecule has 0 aliphatic carbocycles. The molecule has 1 aliphatic heterocycles. The van der Waals surface area contributed by atoms with E-state index in [9.17, 15) is 9.18 Å². The summed E-state index contributed by atoms with van der Waals surface area (Å²) in [7, 11) is 0. The molecule has 5 heteroatoms. The number of rotatable bonds is 2. The highest BCUT2D eigenvalue weighted by Crippen LogP contribution is 2.24. The summed E-state index contributed by atoms with van der Waals surface area (Å²) in [5.74, 6) is -0.533. The van der Waals surface area contributed by atoms with Crippen LogP contribution in [0, 0.1) is 18.7 Å². The monoisotopic (exact) mass is 270 g/mol. The van der Waals surface area contributed by atoms with E-state index in [1.54, 1.807) is 13.0 Å². The van der Waals surface area contributed by atoms with E-state index < -0.39 is 5.82 Å². The van der Waals surface area contributed by atoms with Gasteiger partial charge in [0.1, 0.15) is 5.82 Å². The van der Waals surface area contributed by atoms with Gasteiger partial charge in [-0.15, -0.1) is 0 Å². The molecule has 1 aromatic carbocycles. The maximum atomic E-state index is 13.4. The molecule has 2 atom stereocenters. The third kappa shape index (κ3) is 2.65. The molecular formula is C13H16ClFN2O. The van der Waals surface area contributed by atoms with Crippen LogP contribution >= 0.6 is 11.6 Å². The van der Waals surface area contributed by atoms with Gasteiger partial charge in [0.15, 0.2) is 0 Å². The average Bonchev–Trinajstić information content (AvgIpc) is 2.72. The first-order valence-electron chi connectivity index (χ1n) is 5.99. The Hall–Kier alpha value is -1.13. The number of anilines is 1. The highest BCUT2D eigenvalue weighted by molar-refractivity contribution is 6.31. The van der Waals surface area contributed by atoms with Gasteiger partial charge in [0.2, 0.25) is 5.91 Å². The van der Waals surface area contributed by atoms with E-state index in [0.717, 1.165) is 13.0 Å². The maximum Gasteiger partial charge on any atom is 0.229 e. The fraction of sp³-hybridized carbons (Fsp3) is 0.462. The summed E-state index contributed by atoms with van der Waals surface area (Å²) in [6.07, 6.45) is 0.820. The zero-order valence-electron chi connectivity index (χ0n) is 10.4. The summed E-state index contributed by atoms with van der Waals surface area (Å²) < 4.78 is 13.4. The molecule has 0 aromatic heterocycles. The van der Waals surface area contributed by atoms with E-state index in [1.807, 2.05) is 6.92 Å². The Balaban J connectivity index is 2.12. The van der Waals surface area contributed by atoms with E-state index >= 15 is 0 Å². The molecule has 0 bridgehead atoms. The summed E-state index contributed by atoms with van der Waals surface area (Å²) >= 11 is 5.75. The molecule has 1 amide bonds. The molecule has 1 aromatic rings. The number of carbonyl (C=O) groups is 1. The van der Waals surface area contributed by atoms with Crippen LogP contribution in [-0.2, 0) is 4.79 Å². The SMILES string of the molecule is Cc1cc(NC(=O)C2CCN[C@H]2C)cc(Cl)c1F. The first-order valence-corrected chi connectivity index (χ1v) is 6.36. The number of hydrogen-bond acceptors (Lipinski definition) is 2. The van der Waals surface area contributed by atoms with Crippen molar-refractivity contribution in [2.45, 2.75) is 26.3 Å². The van der Waals surface area contributed by atoms with Crippen molar-refractivity contribution in [3.05, 3.63) is 28.5 Å². The van der Waals surface area contributed by atoms with Gasteiger partial charge in [-0.1, -0.05) is 11.6 Å². The number of aryl methyl sites for hydroxylation is 1. The van der Waals surface area contributed by atoms with Crippen molar-refractivity contribution in [3.8, 4) is 0 Å². The Labute approximate surface area is 111 Å². The van der Waals surface area contributed by atoms with Gasteiger partial charge in [0.05, 0.1) is 10.9 Å². The van der Waals surface area contributed by atoms with Crippen molar-refractivity contribution < 1.29 is 9.18 Å². The average molecular weight is 271 g/mol. The predicted octanol–water partition coefficient (Wildman–Crippen LogP) is 2.72. The summed E-state index contributed by atoms with van der Waals surface area (Å²) in [5.41, 5.74) is 0.971. The molecule has 0 radical (unpaired) electrons. The normalized spacial score (nSPS) is 23.1. The largest absolute Gasteiger partial charge is 0.326 e. The van der Waals surface area contributed by atoms with Crippen LogP contribution in [-0.4, -0.2) is 18.5 Å². The molecule has 1 heterocycles. The van der Waals surface area contributed by atoms with Crippen LogP contribution in [0.25, 0.3) is 0 Å². The van der Waals surface area contributed by atoms with Crippen molar-refractivity contribution >= 4 is 23.2 Å². The number of halogens is 2. The van der Waals surface area contributed by atoms with Crippen LogP contribution in [0.4, 0.5) is 10.1 Å². The molecule has 1 aliphatic rings. The van der Waals surface area contributed by atoms with Crippen LogP contribution in [0.15, 0.2) is 12.1 Å². The Morgan fingerprint density at radius 1 is 1.56 bits per heavy atom. The number of hydrogen-bond donors (Lipinski definition) is 2. The topological polar surface area (TPSA) is 41.1 Å². The fourth-order valence-electron chi connectivity index (χ4n) is 2.25. The summed E-state index contributed by atoms with van der Waals surface area (Å²) in [6, 6.07) is 3.20. The molecule has 2 N–H and O–H groups in total. The number of amides is 1. The molecule has 0 saturated carbocycles. The van der Waals surface area contributed by atoms with Crippen LogP contribution in [0.2, 0.25) is 5.02 Å². The third-order valence-electron chi connectivity index (χ3n) is 3.34. The lowest BCUT2D eigenvalue weighted by Crippen LogP contribution is -2.32. The summed E-state index contributed by atoms with van der Waals surface area (Å²) in [4.78, 5) is 12.0. The van der Waals surface area contributed by atoms with Crippen molar-refractivity contribution in [2.75, 3.05) is 11.9 Å². The first kappa shape index (κ1) is 13.3.